The van der Waals surface area contributed by atoms with E-state index in [4.69, 9.17) is 5.73 Å². The topological polar surface area (TPSA) is 84.2 Å². The SMILES string of the molecule is CNC(=O)NC(=O)C(C)Sc1ccc(N)cc1F. The molecule has 4 N–H and O–H groups in total. The number of hydrogen-bond acceptors (Lipinski definition) is 4. The van der Waals surface area contributed by atoms with Crippen LogP contribution in [0.1, 0.15) is 6.92 Å². The largest absolute Gasteiger partial charge is 0.399 e. The van der Waals surface area contributed by atoms with E-state index in [9.17, 15) is 14.0 Å². The Morgan fingerprint density at radius 1 is 1.44 bits per heavy atom. The lowest BCUT2D eigenvalue weighted by atomic mass is 10.3. The predicted octanol–water partition coefficient (Wildman–Crippen LogP) is 1.34. The highest BCUT2D eigenvalue weighted by Gasteiger charge is 2.18. The zero-order valence-corrected chi connectivity index (χ0v) is 10.8. The molecule has 0 aliphatic carbocycles. The molecule has 98 valence electrons. The third-order valence-corrected chi connectivity index (χ3v) is 3.25. The molecule has 0 fully saturated rings. The van der Waals surface area contributed by atoms with Crippen LogP contribution < -0.4 is 16.4 Å². The molecule has 0 saturated carbocycles. The highest BCUT2D eigenvalue weighted by Crippen LogP contribution is 2.27. The molecule has 1 atom stereocenters. The molecule has 0 radical (unpaired) electrons. The van der Waals surface area contributed by atoms with Crippen molar-refractivity contribution in [2.24, 2.45) is 0 Å². The Hall–Kier alpha value is -1.76. The number of benzene rings is 1. The molecule has 1 aromatic carbocycles. The van der Waals surface area contributed by atoms with E-state index in [1.165, 1.54) is 19.2 Å². The highest BCUT2D eigenvalue weighted by molar-refractivity contribution is 8.00. The van der Waals surface area contributed by atoms with Gasteiger partial charge in [-0.25, -0.2) is 9.18 Å². The van der Waals surface area contributed by atoms with Crippen LogP contribution in [-0.2, 0) is 4.79 Å². The Bertz CT molecular complexity index is 468. The average Bonchev–Trinajstić information content (AvgIpc) is 2.32. The summed E-state index contributed by atoms with van der Waals surface area (Å²) in [5.74, 6) is -0.977. The number of carbonyl (C=O) groups excluding carboxylic acids is 2. The Morgan fingerprint density at radius 2 is 2.11 bits per heavy atom. The van der Waals surface area contributed by atoms with Gasteiger partial charge in [0, 0.05) is 17.6 Å². The van der Waals surface area contributed by atoms with Crippen molar-refractivity contribution in [2.75, 3.05) is 12.8 Å². The van der Waals surface area contributed by atoms with E-state index in [0.717, 1.165) is 11.8 Å². The average molecular weight is 271 g/mol. The van der Waals surface area contributed by atoms with Gasteiger partial charge in [0.1, 0.15) is 5.82 Å². The van der Waals surface area contributed by atoms with E-state index in [-0.39, 0.29) is 0 Å². The Morgan fingerprint density at radius 3 is 2.67 bits per heavy atom. The third kappa shape index (κ3) is 3.92. The Kier molecular flexibility index (Phi) is 4.96. The zero-order valence-electron chi connectivity index (χ0n) is 9.99. The second-order valence-electron chi connectivity index (χ2n) is 3.52. The number of halogens is 1. The van der Waals surface area contributed by atoms with Crippen molar-refractivity contribution in [3.63, 3.8) is 0 Å². The van der Waals surface area contributed by atoms with Gasteiger partial charge in [0.2, 0.25) is 5.91 Å². The van der Waals surface area contributed by atoms with Gasteiger partial charge < -0.3 is 11.1 Å². The maximum absolute atomic E-state index is 13.5. The van der Waals surface area contributed by atoms with Crippen LogP contribution in [0.15, 0.2) is 23.1 Å². The highest BCUT2D eigenvalue weighted by atomic mass is 32.2. The molecule has 0 spiro atoms. The molecule has 1 unspecified atom stereocenters. The maximum Gasteiger partial charge on any atom is 0.321 e. The molecule has 0 bridgehead atoms. The van der Waals surface area contributed by atoms with Crippen LogP contribution in [0.5, 0.6) is 0 Å². The van der Waals surface area contributed by atoms with Crippen molar-refractivity contribution in [2.45, 2.75) is 17.1 Å². The fourth-order valence-electron chi connectivity index (χ4n) is 1.13. The number of thioether (sulfide) groups is 1. The number of urea groups is 1. The fourth-order valence-corrected chi connectivity index (χ4v) is 2.00. The lowest BCUT2D eigenvalue weighted by Gasteiger charge is -2.11. The summed E-state index contributed by atoms with van der Waals surface area (Å²) in [7, 11) is 1.40. The van der Waals surface area contributed by atoms with E-state index in [1.54, 1.807) is 13.0 Å². The summed E-state index contributed by atoms with van der Waals surface area (Å²) in [4.78, 5) is 22.8. The second kappa shape index (κ2) is 6.25. The Labute approximate surface area is 108 Å². The molecule has 5 nitrogen and oxygen atoms in total. The minimum Gasteiger partial charge on any atom is -0.399 e. The van der Waals surface area contributed by atoms with Gasteiger partial charge in [0.15, 0.2) is 0 Å². The summed E-state index contributed by atoms with van der Waals surface area (Å²) in [5.41, 5.74) is 5.74. The number of hydrogen-bond donors (Lipinski definition) is 3. The van der Waals surface area contributed by atoms with E-state index >= 15 is 0 Å². The summed E-state index contributed by atoms with van der Waals surface area (Å²) in [6, 6.07) is 3.64. The van der Waals surface area contributed by atoms with Crippen LogP contribution in [-0.4, -0.2) is 24.2 Å². The third-order valence-electron chi connectivity index (χ3n) is 2.09. The van der Waals surface area contributed by atoms with Crippen molar-refractivity contribution in [3.05, 3.63) is 24.0 Å². The summed E-state index contributed by atoms with van der Waals surface area (Å²) >= 11 is 1.02. The quantitative estimate of drug-likeness (QED) is 0.572. The van der Waals surface area contributed by atoms with E-state index in [1.807, 2.05) is 0 Å². The smallest absolute Gasteiger partial charge is 0.321 e. The van der Waals surface area contributed by atoms with Crippen molar-refractivity contribution in [1.29, 1.82) is 0 Å². The van der Waals surface area contributed by atoms with Crippen LogP contribution in [0, 0.1) is 5.82 Å². The van der Waals surface area contributed by atoms with Gasteiger partial charge in [-0.3, -0.25) is 10.1 Å². The number of anilines is 1. The van der Waals surface area contributed by atoms with Gasteiger partial charge >= 0.3 is 6.03 Å². The van der Waals surface area contributed by atoms with E-state index in [2.05, 4.69) is 10.6 Å². The van der Waals surface area contributed by atoms with E-state index in [0.29, 0.717) is 10.6 Å². The summed E-state index contributed by atoms with van der Waals surface area (Å²) in [6.45, 7) is 1.58. The monoisotopic (exact) mass is 271 g/mol. The van der Waals surface area contributed by atoms with E-state index < -0.39 is 23.0 Å². The molecule has 0 saturated heterocycles. The molecule has 1 aromatic rings. The van der Waals surface area contributed by atoms with Crippen molar-refractivity contribution in [3.8, 4) is 0 Å². The second-order valence-corrected chi connectivity index (χ2v) is 4.90. The number of nitrogen functional groups attached to an aromatic ring is 1. The first kappa shape index (κ1) is 14.3. The zero-order chi connectivity index (χ0) is 13.7. The van der Waals surface area contributed by atoms with Crippen LogP contribution in [0.3, 0.4) is 0 Å². The summed E-state index contributed by atoms with van der Waals surface area (Å²) in [6.07, 6.45) is 0. The van der Waals surface area contributed by atoms with Crippen LogP contribution in [0.25, 0.3) is 0 Å². The first-order valence-corrected chi connectivity index (χ1v) is 6.06. The normalized spacial score (nSPS) is 11.7. The number of nitrogens with two attached hydrogens (primary N) is 1. The molecule has 0 aliphatic heterocycles. The van der Waals surface area contributed by atoms with Gasteiger partial charge in [-0.15, -0.1) is 11.8 Å². The van der Waals surface area contributed by atoms with Crippen LogP contribution in [0.4, 0.5) is 14.9 Å². The standard InChI is InChI=1S/C11H14FN3O2S/c1-6(10(16)15-11(17)14-2)18-9-4-3-7(13)5-8(9)12/h3-6H,13H2,1-2H3,(H2,14,15,16,17). The molecular formula is C11H14FN3O2S. The molecule has 0 aliphatic rings. The van der Waals surface area contributed by atoms with Gasteiger partial charge in [0.05, 0.1) is 5.25 Å². The van der Waals surface area contributed by atoms with Gasteiger partial charge in [-0.1, -0.05) is 0 Å². The maximum atomic E-state index is 13.5. The minimum absolute atomic E-state index is 0.309. The van der Waals surface area contributed by atoms with Crippen LogP contribution >= 0.6 is 11.8 Å². The van der Waals surface area contributed by atoms with Gasteiger partial charge in [0.25, 0.3) is 0 Å². The van der Waals surface area contributed by atoms with Gasteiger partial charge in [-0.05, 0) is 25.1 Å². The fraction of sp³-hybridized carbons (Fsp3) is 0.273. The Balaban J connectivity index is 2.66. The van der Waals surface area contributed by atoms with Crippen molar-refractivity contribution < 1.29 is 14.0 Å². The number of nitrogens with one attached hydrogen (secondary N) is 2. The molecule has 1 rings (SSSR count). The summed E-state index contributed by atoms with van der Waals surface area (Å²) in [5, 5.41) is 3.79. The minimum atomic E-state index is -0.597. The van der Waals surface area contributed by atoms with Crippen molar-refractivity contribution in [1.82, 2.24) is 10.6 Å². The number of amides is 3. The number of imide groups is 1. The lowest BCUT2D eigenvalue weighted by Crippen LogP contribution is -2.41. The molecular weight excluding hydrogens is 257 g/mol. The first-order chi connectivity index (χ1) is 8.43. The molecule has 18 heavy (non-hydrogen) atoms. The van der Waals surface area contributed by atoms with Gasteiger partial charge in [-0.2, -0.15) is 0 Å². The van der Waals surface area contributed by atoms with Crippen LogP contribution in [0.2, 0.25) is 0 Å². The molecule has 7 heteroatoms. The first-order valence-electron chi connectivity index (χ1n) is 5.18. The number of carbonyl (C=O) groups is 2. The molecule has 0 aromatic heterocycles. The lowest BCUT2D eigenvalue weighted by molar-refractivity contribution is -0.119. The molecule has 3 amide bonds. The predicted molar refractivity (Wildman–Crippen MR) is 68.7 cm³/mol. The number of rotatable bonds is 3. The van der Waals surface area contributed by atoms with Crippen molar-refractivity contribution >= 4 is 29.4 Å². The summed E-state index contributed by atoms with van der Waals surface area (Å²) < 4.78 is 13.5. The molecule has 0 heterocycles.